The molecule has 0 spiro atoms. The Morgan fingerprint density at radius 3 is 1.90 bits per heavy atom. The summed E-state index contributed by atoms with van der Waals surface area (Å²) >= 11 is 0. The van der Waals surface area contributed by atoms with Crippen LogP contribution in [0.1, 0.15) is 83.5 Å². The zero-order valence-electron chi connectivity index (χ0n) is 13.5. The first-order valence-electron chi connectivity index (χ1n) is 9.11. The fraction of sp³-hybridized carbons (Fsp3) is 0.944. The molecule has 2 aliphatic rings. The molecule has 2 saturated carbocycles. The van der Waals surface area contributed by atoms with Crippen LogP contribution in [0, 0.1) is 17.3 Å². The molecule has 2 fully saturated rings. The molecule has 0 aromatic rings. The van der Waals surface area contributed by atoms with Gasteiger partial charge in [-0.3, -0.25) is 4.79 Å². The maximum atomic E-state index is 11.2. The Kier molecular flexibility index (Phi) is 6.53. The highest BCUT2D eigenvalue weighted by atomic mass is 16.4. The van der Waals surface area contributed by atoms with Gasteiger partial charge in [-0.1, -0.05) is 32.1 Å². The average Bonchev–Trinajstić information content (AvgIpc) is 3.15. The predicted octanol–water partition coefficient (Wildman–Crippen LogP) is 4.35. The van der Waals surface area contributed by atoms with E-state index < -0.39 is 5.97 Å². The van der Waals surface area contributed by atoms with E-state index in [4.69, 9.17) is 5.73 Å². The predicted molar refractivity (Wildman–Crippen MR) is 86.1 cm³/mol. The molecule has 3 heteroatoms. The van der Waals surface area contributed by atoms with Crippen LogP contribution in [0.4, 0.5) is 0 Å². The second kappa shape index (κ2) is 8.17. The average molecular weight is 295 g/mol. The molecule has 0 radical (unpaired) electrons. The van der Waals surface area contributed by atoms with Gasteiger partial charge in [-0.05, 0) is 68.7 Å². The number of aliphatic carboxylic acids is 1. The van der Waals surface area contributed by atoms with Gasteiger partial charge in [0, 0.05) is 6.42 Å². The molecule has 122 valence electrons. The summed E-state index contributed by atoms with van der Waals surface area (Å²) in [6.07, 6.45) is 15.5. The van der Waals surface area contributed by atoms with Crippen molar-refractivity contribution in [2.24, 2.45) is 23.0 Å². The van der Waals surface area contributed by atoms with Crippen molar-refractivity contribution < 1.29 is 9.90 Å². The second-order valence-corrected chi connectivity index (χ2v) is 7.34. The molecule has 21 heavy (non-hydrogen) atoms. The van der Waals surface area contributed by atoms with Crippen molar-refractivity contribution in [1.29, 1.82) is 0 Å². The first-order chi connectivity index (χ1) is 10.2. The van der Waals surface area contributed by atoms with Gasteiger partial charge >= 0.3 is 5.97 Å². The molecule has 2 aliphatic carbocycles. The van der Waals surface area contributed by atoms with E-state index >= 15 is 0 Å². The molecule has 3 N–H and O–H groups in total. The first-order valence-corrected chi connectivity index (χ1v) is 9.11. The van der Waals surface area contributed by atoms with Crippen molar-refractivity contribution in [2.75, 3.05) is 6.54 Å². The van der Waals surface area contributed by atoms with Crippen molar-refractivity contribution in [1.82, 2.24) is 0 Å². The van der Waals surface area contributed by atoms with E-state index in [9.17, 15) is 9.90 Å². The van der Waals surface area contributed by atoms with Crippen LogP contribution < -0.4 is 5.73 Å². The van der Waals surface area contributed by atoms with Gasteiger partial charge in [0.05, 0.1) is 0 Å². The van der Waals surface area contributed by atoms with E-state index in [-0.39, 0.29) is 0 Å². The molecular formula is C18H33NO2. The molecule has 3 nitrogen and oxygen atoms in total. The van der Waals surface area contributed by atoms with Crippen LogP contribution in [0.5, 0.6) is 0 Å². The number of unbranched alkanes of at least 4 members (excludes halogenated alkanes) is 1. The Morgan fingerprint density at radius 2 is 1.48 bits per heavy atom. The third-order valence-corrected chi connectivity index (χ3v) is 6.24. The molecule has 0 aromatic carbocycles. The van der Waals surface area contributed by atoms with Crippen LogP contribution in [0.15, 0.2) is 0 Å². The number of carboxylic acids is 1. The van der Waals surface area contributed by atoms with Crippen molar-refractivity contribution in [2.45, 2.75) is 83.5 Å². The minimum absolute atomic E-state index is 0.306. The summed E-state index contributed by atoms with van der Waals surface area (Å²) in [5.74, 6) is 0.935. The smallest absolute Gasteiger partial charge is 0.303 e. The number of rotatable bonds is 9. The molecule has 0 aromatic heterocycles. The summed E-state index contributed by atoms with van der Waals surface area (Å²) in [6.45, 7) is 0.768. The Balaban J connectivity index is 2.14. The van der Waals surface area contributed by atoms with Gasteiger partial charge in [0.15, 0.2) is 0 Å². The number of carboxylic acid groups (broad SMARTS) is 1. The maximum absolute atomic E-state index is 11.2. The Hall–Kier alpha value is -0.570. The second-order valence-electron chi connectivity index (χ2n) is 7.34. The molecule has 2 rings (SSSR count). The fourth-order valence-electron chi connectivity index (χ4n) is 5.21. The van der Waals surface area contributed by atoms with Gasteiger partial charge in [-0.25, -0.2) is 0 Å². The number of nitrogens with two attached hydrogens (primary N) is 1. The van der Waals surface area contributed by atoms with Crippen LogP contribution in [-0.4, -0.2) is 17.6 Å². The lowest BCUT2D eigenvalue weighted by molar-refractivity contribution is -0.138. The summed E-state index contributed by atoms with van der Waals surface area (Å²) in [5, 5.41) is 9.21. The van der Waals surface area contributed by atoms with Gasteiger partial charge in [-0.15, -0.1) is 0 Å². The summed E-state index contributed by atoms with van der Waals surface area (Å²) in [6, 6.07) is 0. The highest BCUT2D eigenvalue weighted by Gasteiger charge is 2.45. The lowest BCUT2D eigenvalue weighted by Crippen LogP contribution is -2.37. The van der Waals surface area contributed by atoms with Gasteiger partial charge in [0.2, 0.25) is 0 Å². The summed E-state index contributed by atoms with van der Waals surface area (Å²) in [7, 11) is 0. The molecule has 0 amide bonds. The molecule has 0 heterocycles. The van der Waals surface area contributed by atoms with E-state index in [0.29, 0.717) is 11.8 Å². The number of carbonyl (C=O) groups is 1. The molecule has 0 bridgehead atoms. The Morgan fingerprint density at radius 1 is 0.952 bits per heavy atom. The quantitative estimate of drug-likeness (QED) is 0.622. The lowest BCUT2D eigenvalue weighted by atomic mass is 9.60. The molecular weight excluding hydrogens is 262 g/mol. The van der Waals surface area contributed by atoms with Gasteiger partial charge in [0.1, 0.15) is 0 Å². The normalized spacial score (nSPS) is 21.2. The van der Waals surface area contributed by atoms with E-state index in [1.54, 1.807) is 0 Å². The van der Waals surface area contributed by atoms with E-state index in [1.165, 1.54) is 64.2 Å². The highest BCUT2D eigenvalue weighted by molar-refractivity contribution is 5.66. The Bertz CT molecular complexity index is 301. The molecule has 0 aliphatic heterocycles. The fourth-order valence-corrected chi connectivity index (χ4v) is 5.21. The van der Waals surface area contributed by atoms with Gasteiger partial charge in [0.25, 0.3) is 0 Å². The van der Waals surface area contributed by atoms with Crippen molar-refractivity contribution in [3.63, 3.8) is 0 Å². The van der Waals surface area contributed by atoms with Crippen molar-refractivity contribution in [3.05, 3.63) is 0 Å². The maximum Gasteiger partial charge on any atom is 0.303 e. The lowest BCUT2D eigenvalue weighted by Gasteiger charge is -2.45. The highest BCUT2D eigenvalue weighted by Crippen LogP contribution is 2.55. The first kappa shape index (κ1) is 16.8. The third-order valence-electron chi connectivity index (χ3n) is 6.24. The summed E-state index contributed by atoms with van der Waals surface area (Å²) in [5.41, 5.74) is 6.00. The largest absolute Gasteiger partial charge is 0.481 e. The molecule has 0 unspecified atom stereocenters. The number of hydrogen-bond acceptors (Lipinski definition) is 2. The molecule has 0 saturated heterocycles. The third kappa shape index (κ3) is 4.21. The van der Waals surface area contributed by atoms with E-state index in [1.807, 2.05) is 0 Å². The minimum atomic E-state index is -0.616. The monoisotopic (exact) mass is 295 g/mol. The summed E-state index contributed by atoms with van der Waals surface area (Å²) in [4.78, 5) is 11.2. The van der Waals surface area contributed by atoms with Crippen molar-refractivity contribution in [3.8, 4) is 0 Å². The van der Waals surface area contributed by atoms with Crippen LogP contribution in [0.2, 0.25) is 0 Å². The van der Waals surface area contributed by atoms with Crippen LogP contribution >= 0.6 is 0 Å². The topological polar surface area (TPSA) is 63.3 Å². The SMILES string of the molecule is NCCCCC(CCC(=O)O)(C1CCCC1)C1CCCC1. The van der Waals surface area contributed by atoms with Crippen molar-refractivity contribution >= 4 is 5.97 Å². The van der Waals surface area contributed by atoms with Crippen LogP contribution in [0.25, 0.3) is 0 Å². The van der Waals surface area contributed by atoms with Gasteiger partial charge in [-0.2, -0.15) is 0 Å². The Labute approximate surface area is 129 Å². The standard InChI is InChI=1S/C18H33NO2/c19-14-6-5-12-18(13-11-17(20)21,15-7-1-2-8-15)16-9-3-4-10-16/h15-16H,1-14,19H2,(H,20,21). The van der Waals surface area contributed by atoms with Gasteiger partial charge < -0.3 is 10.8 Å². The minimum Gasteiger partial charge on any atom is -0.481 e. The van der Waals surface area contributed by atoms with E-state index in [0.717, 1.165) is 31.2 Å². The van der Waals surface area contributed by atoms with E-state index in [2.05, 4.69) is 0 Å². The van der Waals surface area contributed by atoms with Crippen LogP contribution in [-0.2, 0) is 4.79 Å². The molecule has 0 atom stereocenters. The zero-order valence-corrected chi connectivity index (χ0v) is 13.5. The van der Waals surface area contributed by atoms with Crippen LogP contribution in [0.3, 0.4) is 0 Å². The number of hydrogen-bond donors (Lipinski definition) is 2. The summed E-state index contributed by atoms with van der Waals surface area (Å²) < 4.78 is 0. The zero-order chi connectivity index (χ0) is 15.1.